The molecule has 0 radical (unpaired) electrons. The Labute approximate surface area is 111 Å². The van der Waals surface area contributed by atoms with E-state index in [1.165, 1.54) is 17.0 Å². The minimum absolute atomic E-state index is 0.0183. The van der Waals surface area contributed by atoms with E-state index >= 15 is 0 Å². The van der Waals surface area contributed by atoms with Crippen molar-refractivity contribution in [2.24, 2.45) is 4.40 Å². The number of sulfonamides is 1. The van der Waals surface area contributed by atoms with Gasteiger partial charge >= 0.3 is 0 Å². The van der Waals surface area contributed by atoms with E-state index in [9.17, 15) is 12.8 Å². The van der Waals surface area contributed by atoms with Crippen molar-refractivity contribution in [2.45, 2.75) is 4.90 Å². The molecule has 8 heteroatoms. The summed E-state index contributed by atoms with van der Waals surface area (Å²) in [5.74, 6) is 0. The van der Waals surface area contributed by atoms with Crippen LogP contribution in [0.15, 0.2) is 25.9 Å². The van der Waals surface area contributed by atoms with E-state index in [1.54, 1.807) is 0 Å². The normalized spacial score (nSPS) is 17.0. The van der Waals surface area contributed by atoms with E-state index in [1.807, 2.05) is 0 Å². The molecule has 0 aliphatic carbocycles. The molecule has 4 nitrogen and oxygen atoms in total. The van der Waals surface area contributed by atoms with E-state index in [4.69, 9.17) is 11.6 Å². The van der Waals surface area contributed by atoms with Gasteiger partial charge in [0.1, 0.15) is 17.9 Å². The molecule has 0 atom stereocenters. The molecule has 17 heavy (non-hydrogen) atoms. The Morgan fingerprint density at radius 3 is 2.82 bits per heavy atom. The lowest BCUT2D eigenvalue weighted by Gasteiger charge is -2.24. The number of hydrogen-bond donors (Lipinski definition) is 0. The van der Waals surface area contributed by atoms with Crippen molar-refractivity contribution >= 4 is 49.6 Å². The van der Waals surface area contributed by atoms with E-state index in [2.05, 4.69) is 20.3 Å². The first-order chi connectivity index (χ1) is 7.95. The summed E-state index contributed by atoms with van der Waals surface area (Å²) in [6.07, 6.45) is 1.10. The maximum absolute atomic E-state index is 12.3. The highest BCUT2D eigenvalue weighted by Gasteiger charge is 2.26. The van der Waals surface area contributed by atoms with Gasteiger partial charge in [0.05, 0.1) is 17.3 Å². The highest BCUT2D eigenvalue weighted by Crippen LogP contribution is 2.36. The first-order valence-corrected chi connectivity index (χ1v) is 7.19. The van der Waals surface area contributed by atoms with Crippen LogP contribution in [0.4, 0.5) is 10.1 Å². The van der Waals surface area contributed by atoms with Crippen LogP contribution in [0.25, 0.3) is 0 Å². The minimum atomic E-state index is -3.72. The summed E-state index contributed by atoms with van der Waals surface area (Å²) in [5, 5.41) is 0.359. The lowest BCUT2D eigenvalue weighted by atomic mass is 10.3. The molecule has 0 bridgehead atoms. The Bertz CT molecular complexity index is 591. The molecule has 0 amide bonds. The molecule has 1 aliphatic heterocycles. The van der Waals surface area contributed by atoms with Crippen molar-refractivity contribution < 1.29 is 12.8 Å². The highest BCUT2D eigenvalue weighted by molar-refractivity contribution is 9.10. The van der Waals surface area contributed by atoms with Crippen LogP contribution in [0.1, 0.15) is 0 Å². The molecular weight excluding hydrogens is 335 g/mol. The Kier molecular flexibility index (Phi) is 3.42. The molecular formula is C9H7BrClFN2O2S. The SMILES string of the molecule is O=S1(=O)N=CN(CCF)c2cc(Cl)c(Br)cc21. The number of alkyl halides is 1. The molecule has 0 N–H and O–H groups in total. The van der Waals surface area contributed by atoms with Crippen LogP contribution in [-0.2, 0) is 10.0 Å². The fourth-order valence-electron chi connectivity index (χ4n) is 1.46. The van der Waals surface area contributed by atoms with Crippen molar-refractivity contribution in [2.75, 3.05) is 18.1 Å². The number of hydrogen-bond acceptors (Lipinski definition) is 3. The zero-order chi connectivity index (χ0) is 12.6. The van der Waals surface area contributed by atoms with Crippen molar-refractivity contribution in [3.63, 3.8) is 0 Å². The standard InChI is InChI=1S/C9H7BrClFN2O2S/c10-6-3-9-8(4-7(6)11)14(2-1-12)5-13-17(9,15)16/h3-5H,1-2H2. The predicted octanol–water partition coefficient (Wildman–Crippen LogP) is 2.61. The van der Waals surface area contributed by atoms with Crippen molar-refractivity contribution in [1.29, 1.82) is 0 Å². The molecule has 2 rings (SSSR count). The second-order valence-electron chi connectivity index (χ2n) is 3.31. The number of benzene rings is 1. The summed E-state index contributed by atoms with van der Waals surface area (Å²) in [6.45, 7) is -0.580. The van der Waals surface area contributed by atoms with Gasteiger partial charge < -0.3 is 4.90 Å². The summed E-state index contributed by atoms with van der Waals surface area (Å²) in [6, 6.07) is 2.84. The van der Waals surface area contributed by atoms with E-state index in [0.29, 0.717) is 15.2 Å². The van der Waals surface area contributed by atoms with Gasteiger partial charge in [0.15, 0.2) is 0 Å². The van der Waals surface area contributed by atoms with Crippen LogP contribution in [0.5, 0.6) is 0 Å². The van der Waals surface area contributed by atoms with Gasteiger partial charge in [0, 0.05) is 4.47 Å². The Morgan fingerprint density at radius 1 is 1.47 bits per heavy atom. The predicted molar refractivity (Wildman–Crippen MR) is 68.2 cm³/mol. The fourth-order valence-corrected chi connectivity index (χ4v) is 3.17. The molecule has 0 aromatic heterocycles. The third kappa shape index (κ3) is 2.31. The van der Waals surface area contributed by atoms with Crippen LogP contribution < -0.4 is 4.90 Å². The third-order valence-electron chi connectivity index (χ3n) is 2.24. The minimum Gasteiger partial charge on any atom is -0.328 e. The fraction of sp³-hybridized carbons (Fsp3) is 0.222. The van der Waals surface area contributed by atoms with Crippen LogP contribution in [0.3, 0.4) is 0 Å². The Balaban J connectivity index is 2.65. The van der Waals surface area contributed by atoms with Gasteiger partial charge in [-0.2, -0.15) is 8.42 Å². The number of halogens is 3. The van der Waals surface area contributed by atoms with Gasteiger partial charge in [-0.15, -0.1) is 4.40 Å². The number of rotatable bonds is 2. The van der Waals surface area contributed by atoms with Gasteiger partial charge in [-0.1, -0.05) is 11.6 Å². The van der Waals surface area contributed by atoms with Crippen LogP contribution >= 0.6 is 27.5 Å². The van der Waals surface area contributed by atoms with E-state index in [0.717, 1.165) is 6.34 Å². The maximum Gasteiger partial charge on any atom is 0.285 e. The monoisotopic (exact) mass is 340 g/mol. The average Bonchev–Trinajstić information content (AvgIpc) is 2.26. The quantitative estimate of drug-likeness (QED) is 0.831. The highest BCUT2D eigenvalue weighted by atomic mass is 79.9. The molecule has 0 spiro atoms. The zero-order valence-corrected chi connectivity index (χ0v) is 11.6. The Morgan fingerprint density at radius 2 is 2.18 bits per heavy atom. The molecule has 0 saturated heterocycles. The molecule has 0 unspecified atom stereocenters. The molecule has 1 aliphatic rings. The first-order valence-electron chi connectivity index (χ1n) is 4.58. The lowest BCUT2D eigenvalue weighted by molar-refractivity contribution is 0.503. The maximum atomic E-state index is 12.3. The van der Waals surface area contributed by atoms with Crippen molar-refractivity contribution in [3.8, 4) is 0 Å². The van der Waals surface area contributed by atoms with Gasteiger partial charge in [0.25, 0.3) is 10.0 Å². The third-order valence-corrected chi connectivity index (χ3v) is 4.69. The lowest BCUT2D eigenvalue weighted by Crippen LogP contribution is -2.29. The second kappa shape index (κ2) is 4.55. The molecule has 92 valence electrons. The molecule has 1 heterocycles. The first kappa shape index (κ1) is 12.8. The van der Waals surface area contributed by atoms with Crippen LogP contribution in [0.2, 0.25) is 5.02 Å². The van der Waals surface area contributed by atoms with Crippen LogP contribution in [-0.4, -0.2) is 28.0 Å². The van der Waals surface area contributed by atoms with Crippen LogP contribution in [0, 0.1) is 0 Å². The Hall–Kier alpha value is -0.660. The van der Waals surface area contributed by atoms with Gasteiger partial charge in [-0.3, -0.25) is 0 Å². The summed E-state index contributed by atoms with van der Waals surface area (Å²) in [5.41, 5.74) is 0.339. The second-order valence-corrected chi connectivity index (χ2v) is 6.17. The molecule has 1 aromatic carbocycles. The van der Waals surface area contributed by atoms with Crippen molar-refractivity contribution in [3.05, 3.63) is 21.6 Å². The summed E-state index contributed by atoms with van der Waals surface area (Å²) >= 11 is 9.04. The van der Waals surface area contributed by atoms with Gasteiger partial charge in [-0.05, 0) is 28.1 Å². The largest absolute Gasteiger partial charge is 0.328 e. The summed E-state index contributed by atoms with van der Waals surface area (Å²) in [4.78, 5) is 1.43. The summed E-state index contributed by atoms with van der Waals surface area (Å²) in [7, 11) is -3.72. The van der Waals surface area contributed by atoms with E-state index in [-0.39, 0.29) is 11.4 Å². The average molecular weight is 342 g/mol. The molecule has 0 saturated carbocycles. The van der Waals surface area contributed by atoms with Gasteiger partial charge in [-0.25, -0.2) is 4.39 Å². The number of anilines is 1. The summed E-state index contributed by atoms with van der Waals surface area (Å²) < 4.78 is 39.6. The van der Waals surface area contributed by atoms with Crippen molar-refractivity contribution in [1.82, 2.24) is 0 Å². The topological polar surface area (TPSA) is 49.7 Å². The van der Waals surface area contributed by atoms with E-state index < -0.39 is 16.7 Å². The van der Waals surface area contributed by atoms with Gasteiger partial charge in [0.2, 0.25) is 0 Å². The smallest absolute Gasteiger partial charge is 0.285 e. The number of nitrogens with zero attached hydrogens (tertiary/aromatic N) is 2. The number of fused-ring (bicyclic) bond motifs is 1. The molecule has 0 fully saturated rings. The zero-order valence-electron chi connectivity index (χ0n) is 8.40. The molecule has 1 aromatic rings.